The predicted molar refractivity (Wildman–Crippen MR) is 212 cm³/mol. The smallest absolute Gasteiger partial charge is 0.170 e. The Morgan fingerprint density at radius 1 is 0.396 bits per heavy atom. The van der Waals surface area contributed by atoms with Gasteiger partial charge in [-0.2, -0.15) is 0 Å². The highest BCUT2D eigenvalue weighted by molar-refractivity contribution is 6.03. The third-order valence-corrected chi connectivity index (χ3v) is 10.9. The van der Waals surface area contributed by atoms with Gasteiger partial charge >= 0.3 is 0 Å². The van der Waals surface area contributed by atoms with E-state index in [-0.39, 0.29) is 0 Å². The molecule has 0 atom stereocenters. The summed E-state index contributed by atoms with van der Waals surface area (Å²) in [5.74, 6) is 2.81. The van der Waals surface area contributed by atoms with E-state index in [9.17, 15) is 0 Å². The Balaban J connectivity index is 0.959. The maximum absolute atomic E-state index is 6.69. The number of nitrogens with zero attached hydrogens (tertiary/aromatic N) is 2. The number of benzene rings is 7. The molecule has 248 valence electrons. The van der Waals surface area contributed by atoms with E-state index < -0.39 is 5.41 Å². The van der Waals surface area contributed by atoms with Crippen LogP contribution in [-0.4, -0.2) is 9.97 Å². The first kappa shape index (κ1) is 29.7. The van der Waals surface area contributed by atoms with Gasteiger partial charge in [0.2, 0.25) is 0 Å². The van der Waals surface area contributed by atoms with Gasteiger partial charge in [-0.3, -0.25) is 4.98 Å². The zero-order chi connectivity index (χ0) is 34.9. The zero-order valence-electron chi connectivity index (χ0n) is 28.5. The molecular weight excluding hydrogens is 649 g/mol. The maximum atomic E-state index is 6.69. The minimum Gasteiger partial charge on any atom is -0.450 e. The van der Waals surface area contributed by atoms with Crippen molar-refractivity contribution in [3.05, 3.63) is 204 Å². The van der Waals surface area contributed by atoms with Crippen molar-refractivity contribution in [1.29, 1.82) is 0 Å². The minimum absolute atomic E-state index is 0.504. The van der Waals surface area contributed by atoms with Gasteiger partial charge < -0.3 is 9.47 Å². The molecule has 0 fully saturated rings. The lowest BCUT2D eigenvalue weighted by atomic mass is 9.67. The van der Waals surface area contributed by atoms with Crippen molar-refractivity contribution in [1.82, 2.24) is 9.97 Å². The lowest BCUT2D eigenvalue weighted by molar-refractivity contribution is 0.359. The van der Waals surface area contributed by atoms with Crippen LogP contribution >= 0.6 is 0 Å². The molecule has 4 nitrogen and oxygen atoms in total. The van der Waals surface area contributed by atoms with Crippen LogP contribution in [0, 0.1) is 0 Å². The van der Waals surface area contributed by atoms with Crippen molar-refractivity contribution >= 4 is 21.8 Å². The molecule has 53 heavy (non-hydrogen) atoms. The zero-order valence-corrected chi connectivity index (χ0v) is 28.5. The summed E-state index contributed by atoms with van der Waals surface area (Å²) in [4.78, 5) is 9.66. The van der Waals surface area contributed by atoms with Crippen LogP contribution < -0.4 is 9.47 Å². The Hall–Kier alpha value is -7.04. The summed E-state index contributed by atoms with van der Waals surface area (Å²) in [6.07, 6.45) is 1.82. The van der Waals surface area contributed by atoms with Gasteiger partial charge in [-0.05, 0) is 80.9 Å². The van der Waals surface area contributed by atoms with Crippen LogP contribution in [0.1, 0.15) is 22.3 Å². The molecule has 0 unspecified atom stereocenters. The lowest BCUT2D eigenvalue weighted by Crippen LogP contribution is -2.28. The number of rotatable bonds is 4. The number of aromatic nitrogens is 2. The second-order valence-corrected chi connectivity index (χ2v) is 13.7. The molecule has 0 saturated carbocycles. The Morgan fingerprint density at radius 2 is 1.02 bits per heavy atom. The summed E-state index contributed by atoms with van der Waals surface area (Å²) >= 11 is 0. The van der Waals surface area contributed by atoms with E-state index in [1.807, 2.05) is 18.3 Å². The van der Waals surface area contributed by atoms with Gasteiger partial charge in [0, 0.05) is 22.5 Å². The van der Waals surface area contributed by atoms with Crippen molar-refractivity contribution in [3.63, 3.8) is 0 Å². The van der Waals surface area contributed by atoms with Gasteiger partial charge in [0.1, 0.15) is 0 Å². The Morgan fingerprint density at radius 3 is 1.81 bits per heavy atom. The maximum Gasteiger partial charge on any atom is 0.170 e. The molecule has 0 saturated heterocycles. The van der Waals surface area contributed by atoms with Crippen molar-refractivity contribution in [2.75, 3.05) is 0 Å². The fraction of sp³-hybridized carbons (Fsp3) is 0.0204. The molecule has 11 rings (SSSR count). The molecule has 3 heterocycles. The largest absolute Gasteiger partial charge is 0.450 e. The molecule has 1 aliphatic carbocycles. The minimum atomic E-state index is -0.504. The second-order valence-electron chi connectivity index (χ2n) is 13.7. The second kappa shape index (κ2) is 11.5. The van der Waals surface area contributed by atoms with Crippen LogP contribution in [0.15, 0.2) is 182 Å². The Labute approximate surface area is 306 Å². The average molecular weight is 679 g/mol. The van der Waals surface area contributed by atoms with Crippen molar-refractivity contribution < 1.29 is 9.47 Å². The first-order valence-electron chi connectivity index (χ1n) is 17.9. The van der Waals surface area contributed by atoms with Crippen LogP contribution in [0.5, 0.6) is 23.0 Å². The highest BCUT2D eigenvalue weighted by Crippen LogP contribution is 2.59. The Kier molecular flexibility index (Phi) is 6.43. The predicted octanol–water partition coefficient (Wildman–Crippen LogP) is 12.4. The first-order valence-corrected chi connectivity index (χ1v) is 17.9. The standard InChI is InChI=1S/C49H30N2O2/c1-3-11-36(12-4-1)49(37-13-5-2-6-14-37)40-16-8-7-15-38(40)39-29-45-46(30-41(39)49)52-43-26-24-35(28-44(43)53-45)31-17-19-32(20-18-31)42-25-23-34-22-21-33-10-9-27-50-47(33)48(34)51-42/h1-30H. The van der Waals surface area contributed by atoms with Gasteiger partial charge in [0.15, 0.2) is 23.0 Å². The van der Waals surface area contributed by atoms with Gasteiger partial charge in [0.05, 0.1) is 22.1 Å². The summed E-state index contributed by atoms with van der Waals surface area (Å²) in [5.41, 5.74) is 12.6. The van der Waals surface area contributed by atoms with E-state index in [0.717, 1.165) is 49.8 Å². The van der Waals surface area contributed by atoms with Crippen LogP contribution in [0.2, 0.25) is 0 Å². The molecule has 2 aliphatic rings. The normalized spacial score (nSPS) is 13.4. The number of hydrogen-bond donors (Lipinski definition) is 0. The molecule has 0 spiro atoms. The summed E-state index contributed by atoms with van der Waals surface area (Å²) in [7, 11) is 0. The fourth-order valence-corrected chi connectivity index (χ4v) is 8.41. The molecule has 1 aliphatic heterocycles. The third kappa shape index (κ3) is 4.49. The molecule has 0 N–H and O–H groups in total. The number of pyridine rings is 2. The van der Waals surface area contributed by atoms with Gasteiger partial charge in [-0.15, -0.1) is 0 Å². The van der Waals surface area contributed by atoms with Crippen LogP contribution in [0.3, 0.4) is 0 Å². The number of ether oxygens (including phenoxy) is 2. The summed E-state index contributed by atoms with van der Waals surface area (Å²) in [6.45, 7) is 0. The topological polar surface area (TPSA) is 44.2 Å². The molecule has 2 aromatic heterocycles. The average Bonchev–Trinajstić information content (AvgIpc) is 3.52. The van der Waals surface area contributed by atoms with Crippen LogP contribution in [0.25, 0.3) is 55.3 Å². The molecule has 4 heteroatoms. The molecular formula is C49H30N2O2. The summed E-state index contributed by atoms with van der Waals surface area (Å²) in [6, 6.07) is 61.8. The SMILES string of the molecule is c1ccc(C2(c3ccccc3)c3ccccc3-c3cc4c(cc32)Oc2ccc(-c3ccc(-c5ccc6ccc7cccnc7c6n5)cc3)cc2O4)cc1. The van der Waals surface area contributed by atoms with E-state index in [4.69, 9.17) is 14.5 Å². The molecule has 0 amide bonds. The van der Waals surface area contributed by atoms with Crippen LogP contribution in [0.4, 0.5) is 0 Å². The summed E-state index contributed by atoms with van der Waals surface area (Å²) < 4.78 is 13.3. The quantitative estimate of drug-likeness (QED) is 0.174. The molecule has 9 aromatic rings. The van der Waals surface area contributed by atoms with Gasteiger partial charge in [-0.1, -0.05) is 140 Å². The van der Waals surface area contributed by atoms with Crippen molar-refractivity contribution in [2.45, 2.75) is 5.41 Å². The molecule has 0 radical (unpaired) electrons. The highest BCUT2D eigenvalue weighted by atomic mass is 16.6. The van der Waals surface area contributed by atoms with E-state index >= 15 is 0 Å². The van der Waals surface area contributed by atoms with E-state index in [1.165, 1.54) is 27.8 Å². The third-order valence-electron chi connectivity index (χ3n) is 10.9. The first-order chi connectivity index (χ1) is 26.2. The lowest BCUT2D eigenvalue weighted by Gasteiger charge is -2.34. The molecule has 0 bridgehead atoms. The monoisotopic (exact) mass is 678 g/mol. The van der Waals surface area contributed by atoms with E-state index in [0.29, 0.717) is 23.0 Å². The Bertz CT molecular complexity index is 2850. The number of fused-ring (bicyclic) bond motifs is 8. The molecule has 7 aromatic carbocycles. The van der Waals surface area contributed by atoms with Crippen molar-refractivity contribution in [3.8, 4) is 56.5 Å². The summed E-state index contributed by atoms with van der Waals surface area (Å²) in [5, 5.41) is 2.17. The highest BCUT2D eigenvalue weighted by Gasteiger charge is 2.47. The van der Waals surface area contributed by atoms with E-state index in [2.05, 4.69) is 169 Å². The van der Waals surface area contributed by atoms with Gasteiger partial charge in [-0.25, -0.2) is 4.98 Å². The van der Waals surface area contributed by atoms with E-state index in [1.54, 1.807) is 0 Å². The van der Waals surface area contributed by atoms with Gasteiger partial charge in [0.25, 0.3) is 0 Å². The van der Waals surface area contributed by atoms with Crippen LogP contribution in [-0.2, 0) is 5.41 Å². The fourth-order valence-electron chi connectivity index (χ4n) is 8.41. The van der Waals surface area contributed by atoms with Crippen molar-refractivity contribution in [2.24, 2.45) is 0 Å². The number of hydrogen-bond acceptors (Lipinski definition) is 4.